The molecule has 0 aliphatic carbocycles. The van der Waals surface area contributed by atoms with Crippen LogP contribution in [0.2, 0.25) is 0 Å². The zero-order chi connectivity index (χ0) is 19.0. The van der Waals surface area contributed by atoms with Gasteiger partial charge in [-0.1, -0.05) is 36.4 Å². The van der Waals surface area contributed by atoms with Crippen LogP contribution in [0.3, 0.4) is 0 Å². The van der Waals surface area contributed by atoms with Crippen molar-refractivity contribution in [1.29, 1.82) is 0 Å². The summed E-state index contributed by atoms with van der Waals surface area (Å²) in [6.07, 6.45) is 4.03. The molecule has 1 aliphatic heterocycles. The highest BCUT2D eigenvalue weighted by Gasteiger charge is 2.41. The van der Waals surface area contributed by atoms with Gasteiger partial charge in [0.15, 0.2) is 0 Å². The molecule has 0 radical (unpaired) electrons. The Labute approximate surface area is 156 Å². The van der Waals surface area contributed by atoms with E-state index < -0.39 is 16.2 Å². The second kappa shape index (κ2) is 6.50. The van der Waals surface area contributed by atoms with Crippen LogP contribution in [0.25, 0.3) is 5.65 Å². The third kappa shape index (κ3) is 2.95. The van der Waals surface area contributed by atoms with Crippen LogP contribution in [-0.2, 0) is 6.42 Å². The van der Waals surface area contributed by atoms with Crippen LogP contribution in [0.5, 0.6) is 0 Å². The van der Waals surface area contributed by atoms with Crippen LogP contribution in [0, 0.1) is 10.1 Å². The normalized spacial score (nSPS) is 19.5. The lowest BCUT2D eigenvalue weighted by atomic mass is 9.90. The number of aromatic nitrogens is 2. The molecule has 4 rings (SSSR count). The third-order valence-electron chi connectivity index (χ3n) is 5.31. The van der Waals surface area contributed by atoms with E-state index in [9.17, 15) is 14.9 Å². The predicted molar refractivity (Wildman–Crippen MR) is 103 cm³/mol. The van der Waals surface area contributed by atoms with E-state index >= 15 is 0 Å². The Morgan fingerprint density at radius 3 is 2.67 bits per heavy atom. The molecule has 0 saturated carbocycles. The third-order valence-corrected chi connectivity index (χ3v) is 5.31. The lowest BCUT2D eigenvalue weighted by Gasteiger charge is -2.36. The molecular weight excluding hydrogens is 344 g/mol. The smallest absolute Gasteiger partial charge is 0.345 e. The van der Waals surface area contributed by atoms with Crippen LogP contribution in [0.15, 0.2) is 59.5 Å². The summed E-state index contributed by atoms with van der Waals surface area (Å²) in [7, 11) is 0. The van der Waals surface area contributed by atoms with Crippen molar-refractivity contribution in [1.82, 2.24) is 9.38 Å². The second-order valence-electron chi connectivity index (χ2n) is 7.19. The number of nitrogens with zero attached hydrogens (tertiary/aromatic N) is 4. The Morgan fingerprint density at radius 2 is 1.93 bits per heavy atom. The number of hydrogen-bond acceptors (Lipinski definition) is 5. The van der Waals surface area contributed by atoms with Gasteiger partial charge in [0.05, 0.1) is 4.92 Å². The maximum absolute atomic E-state index is 12.8. The molecule has 3 aromatic rings. The monoisotopic (exact) mass is 364 g/mol. The van der Waals surface area contributed by atoms with Crippen LogP contribution >= 0.6 is 0 Å². The van der Waals surface area contributed by atoms with E-state index in [0.717, 1.165) is 24.8 Å². The van der Waals surface area contributed by atoms with Crippen molar-refractivity contribution in [2.75, 3.05) is 11.4 Å². The summed E-state index contributed by atoms with van der Waals surface area (Å²) >= 11 is 0. The van der Waals surface area contributed by atoms with E-state index in [1.807, 2.05) is 23.1 Å². The molecule has 0 unspecified atom stereocenters. The van der Waals surface area contributed by atoms with Crippen molar-refractivity contribution in [3.05, 3.63) is 80.8 Å². The summed E-state index contributed by atoms with van der Waals surface area (Å²) in [5, 5.41) is 11.7. The number of anilines is 1. The van der Waals surface area contributed by atoms with Gasteiger partial charge in [0.2, 0.25) is 5.82 Å². The van der Waals surface area contributed by atoms with Gasteiger partial charge < -0.3 is 4.90 Å². The largest absolute Gasteiger partial charge is 0.376 e. The molecule has 7 nitrogen and oxygen atoms in total. The number of nitro groups is 1. The summed E-state index contributed by atoms with van der Waals surface area (Å²) < 4.78 is 1.23. The van der Waals surface area contributed by atoms with Gasteiger partial charge in [0.1, 0.15) is 5.65 Å². The fourth-order valence-electron chi connectivity index (χ4n) is 4.02. The van der Waals surface area contributed by atoms with E-state index in [-0.39, 0.29) is 11.4 Å². The minimum atomic E-state index is -0.644. The Bertz CT molecular complexity index is 1060. The van der Waals surface area contributed by atoms with Crippen LogP contribution in [-0.4, -0.2) is 26.4 Å². The average molecular weight is 364 g/mol. The second-order valence-corrected chi connectivity index (χ2v) is 7.19. The molecule has 1 saturated heterocycles. The molecule has 1 fully saturated rings. The molecule has 0 bridgehead atoms. The first-order valence-electron chi connectivity index (χ1n) is 8.97. The van der Waals surface area contributed by atoms with Gasteiger partial charge in [0.25, 0.3) is 0 Å². The van der Waals surface area contributed by atoms with E-state index in [2.05, 4.69) is 24.0 Å². The predicted octanol–water partition coefficient (Wildman–Crippen LogP) is 3.20. The highest BCUT2D eigenvalue weighted by molar-refractivity contribution is 5.63. The SMILES string of the molecule is C[C@@]1(Cc2ccccc2)CCCN1c1nc2ccccn2c(=O)c1[N+](=O)[O-]. The van der Waals surface area contributed by atoms with Gasteiger partial charge in [0, 0.05) is 18.3 Å². The Kier molecular flexibility index (Phi) is 4.14. The number of fused-ring (bicyclic) bond motifs is 1. The minimum Gasteiger partial charge on any atom is -0.345 e. The van der Waals surface area contributed by atoms with Gasteiger partial charge >= 0.3 is 11.2 Å². The van der Waals surface area contributed by atoms with Gasteiger partial charge in [-0.15, -0.1) is 0 Å². The lowest BCUT2D eigenvalue weighted by Crippen LogP contribution is -2.44. The Balaban J connectivity index is 1.86. The molecule has 1 aromatic carbocycles. The first kappa shape index (κ1) is 17.2. The molecule has 2 aromatic heterocycles. The molecule has 7 heteroatoms. The molecule has 27 heavy (non-hydrogen) atoms. The van der Waals surface area contributed by atoms with E-state index in [4.69, 9.17) is 0 Å². The molecule has 3 heterocycles. The number of benzene rings is 1. The summed E-state index contributed by atoms with van der Waals surface area (Å²) in [5.74, 6) is 0.173. The van der Waals surface area contributed by atoms with Crippen LogP contribution in [0.1, 0.15) is 25.3 Å². The summed E-state index contributed by atoms with van der Waals surface area (Å²) in [6, 6.07) is 15.2. The first-order valence-corrected chi connectivity index (χ1v) is 8.97. The topological polar surface area (TPSA) is 80.8 Å². The van der Waals surface area contributed by atoms with E-state index in [0.29, 0.717) is 12.2 Å². The zero-order valence-corrected chi connectivity index (χ0v) is 15.0. The van der Waals surface area contributed by atoms with Crippen molar-refractivity contribution in [2.45, 2.75) is 31.7 Å². The lowest BCUT2D eigenvalue weighted by molar-refractivity contribution is -0.385. The fraction of sp³-hybridized carbons (Fsp3) is 0.300. The van der Waals surface area contributed by atoms with Crippen molar-refractivity contribution in [3.63, 3.8) is 0 Å². The van der Waals surface area contributed by atoms with Crippen molar-refractivity contribution < 1.29 is 4.92 Å². The summed E-state index contributed by atoms with van der Waals surface area (Å²) in [4.78, 5) is 30.4. The number of hydrogen-bond donors (Lipinski definition) is 0. The highest BCUT2D eigenvalue weighted by Crippen LogP contribution is 2.38. The van der Waals surface area contributed by atoms with Gasteiger partial charge in [-0.05, 0) is 43.9 Å². The molecular formula is C20H20N4O3. The van der Waals surface area contributed by atoms with Gasteiger partial charge in [-0.2, -0.15) is 0 Å². The molecule has 138 valence electrons. The fourth-order valence-corrected chi connectivity index (χ4v) is 4.02. The van der Waals surface area contributed by atoms with Crippen LogP contribution < -0.4 is 10.5 Å². The minimum absolute atomic E-state index is 0.173. The standard InChI is InChI=1S/C20H20N4O3/c1-20(14-15-8-3-2-4-9-15)11-7-13-23(20)18-17(24(26)27)19(25)22-12-6-5-10-16(22)21-18/h2-6,8-10,12H,7,11,13-14H2,1H3/t20-/m0/s1. The Morgan fingerprint density at radius 1 is 1.19 bits per heavy atom. The number of pyridine rings is 1. The summed E-state index contributed by atoms with van der Waals surface area (Å²) in [5.41, 5.74) is 0.136. The highest BCUT2D eigenvalue weighted by atomic mass is 16.6. The summed E-state index contributed by atoms with van der Waals surface area (Å²) in [6.45, 7) is 2.73. The molecule has 1 aliphatic rings. The maximum Gasteiger partial charge on any atom is 0.376 e. The van der Waals surface area contributed by atoms with E-state index in [1.165, 1.54) is 10.6 Å². The van der Waals surface area contributed by atoms with Gasteiger partial charge in [-0.25, -0.2) is 4.98 Å². The molecule has 0 N–H and O–H groups in total. The molecule has 1 atom stereocenters. The average Bonchev–Trinajstić information content (AvgIpc) is 3.03. The maximum atomic E-state index is 12.8. The quantitative estimate of drug-likeness (QED) is 0.524. The molecule has 0 amide bonds. The van der Waals surface area contributed by atoms with Gasteiger partial charge in [-0.3, -0.25) is 19.3 Å². The van der Waals surface area contributed by atoms with Crippen molar-refractivity contribution in [2.24, 2.45) is 0 Å². The zero-order valence-electron chi connectivity index (χ0n) is 15.0. The number of rotatable bonds is 4. The first-order chi connectivity index (χ1) is 13.0. The molecule has 0 spiro atoms. The van der Waals surface area contributed by atoms with Crippen molar-refractivity contribution >= 4 is 17.2 Å². The van der Waals surface area contributed by atoms with E-state index in [1.54, 1.807) is 18.2 Å². The van der Waals surface area contributed by atoms with Crippen molar-refractivity contribution in [3.8, 4) is 0 Å². The van der Waals surface area contributed by atoms with Crippen LogP contribution in [0.4, 0.5) is 11.5 Å². The Hall–Kier alpha value is -3.22.